The van der Waals surface area contributed by atoms with Crippen LogP contribution in [0.15, 0.2) is 91.0 Å². The standard InChI is InChI=1S/C29H30O5S4/c1-30-26-25(34-28(36)38-3)24(33-27(35)37-2)23(32-26)19-31-29(20-13-7-4-8-14-20,21-15-9-5-10-16-21)22-17-11-6-12-18-22/h4-18,23-26H,19H2,1-3H3/t23-,24+,25-,26?/m1/s1. The molecule has 1 aliphatic heterocycles. The molecule has 1 fully saturated rings. The zero-order valence-electron chi connectivity index (χ0n) is 21.4. The average molecular weight is 587 g/mol. The summed E-state index contributed by atoms with van der Waals surface area (Å²) < 4.78 is 31.9. The van der Waals surface area contributed by atoms with Crippen molar-refractivity contribution >= 4 is 56.7 Å². The molecule has 9 heteroatoms. The van der Waals surface area contributed by atoms with Crippen molar-refractivity contribution in [2.24, 2.45) is 0 Å². The number of methoxy groups -OCH3 is 1. The summed E-state index contributed by atoms with van der Waals surface area (Å²) in [6.07, 6.45) is 1.27. The smallest absolute Gasteiger partial charge is 0.220 e. The minimum Gasteiger partial charge on any atom is -0.468 e. The van der Waals surface area contributed by atoms with Crippen LogP contribution < -0.4 is 0 Å². The Hall–Kier alpha value is -1.98. The summed E-state index contributed by atoms with van der Waals surface area (Å²) in [4.78, 5) is 0. The van der Waals surface area contributed by atoms with E-state index in [4.69, 9.17) is 48.1 Å². The summed E-state index contributed by atoms with van der Waals surface area (Å²) in [5.74, 6) is 0. The molecule has 0 saturated carbocycles. The fraction of sp³-hybridized carbons (Fsp3) is 0.310. The Balaban J connectivity index is 1.75. The lowest BCUT2D eigenvalue weighted by Crippen LogP contribution is -2.43. The van der Waals surface area contributed by atoms with E-state index in [1.165, 1.54) is 23.5 Å². The third-order valence-electron chi connectivity index (χ3n) is 6.30. The lowest BCUT2D eigenvalue weighted by molar-refractivity contribution is -0.159. The summed E-state index contributed by atoms with van der Waals surface area (Å²) >= 11 is 13.4. The van der Waals surface area contributed by atoms with E-state index in [2.05, 4.69) is 36.4 Å². The number of rotatable bonds is 9. The third-order valence-corrected chi connectivity index (χ3v) is 8.35. The summed E-state index contributed by atoms with van der Waals surface area (Å²) in [5, 5.41) is 0. The molecule has 1 unspecified atom stereocenters. The second-order valence-electron chi connectivity index (χ2n) is 8.44. The third kappa shape index (κ3) is 6.42. The Bertz CT molecular complexity index is 1080. The van der Waals surface area contributed by atoms with Crippen LogP contribution in [0.2, 0.25) is 0 Å². The molecule has 1 heterocycles. The molecule has 5 nitrogen and oxygen atoms in total. The molecule has 1 saturated heterocycles. The van der Waals surface area contributed by atoms with Crippen LogP contribution in [0, 0.1) is 0 Å². The van der Waals surface area contributed by atoms with E-state index in [1.54, 1.807) is 7.11 Å². The molecule has 4 atom stereocenters. The first kappa shape index (κ1) is 29.0. The van der Waals surface area contributed by atoms with Gasteiger partial charge < -0.3 is 23.7 Å². The molecule has 0 N–H and O–H groups in total. The van der Waals surface area contributed by atoms with Gasteiger partial charge in [0, 0.05) is 7.11 Å². The molecule has 3 aromatic rings. The molecule has 38 heavy (non-hydrogen) atoms. The van der Waals surface area contributed by atoms with Crippen LogP contribution in [-0.4, -0.2) is 59.6 Å². The quantitative estimate of drug-likeness (QED) is 0.208. The van der Waals surface area contributed by atoms with Crippen molar-refractivity contribution in [1.82, 2.24) is 0 Å². The maximum Gasteiger partial charge on any atom is 0.220 e. The molecule has 0 aromatic heterocycles. The number of benzene rings is 3. The van der Waals surface area contributed by atoms with E-state index in [9.17, 15) is 0 Å². The number of hydrogen-bond acceptors (Lipinski definition) is 9. The summed E-state index contributed by atoms with van der Waals surface area (Å²) in [6.45, 7) is 0.173. The number of hydrogen-bond donors (Lipinski definition) is 0. The summed E-state index contributed by atoms with van der Waals surface area (Å²) in [6, 6.07) is 30.5. The molecule has 0 bridgehead atoms. The van der Waals surface area contributed by atoms with Crippen LogP contribution in [-0.2, 0) is 29.3 Å². The summed E-state index contributed by atoms with van der Waals surface area (Å²) in [7, 11) is 1.57. The predicted octanol–water partition coefficient (Wildman–Crippen LogP) is 6.43. The van der Waals surface area contributed by atoms with Crippen LogP contribution in [0.1, 0.15) is 16.7 Å². The molecule has 4 rings (SSSR count). The van der Waals surface area contributed by atoms with E-state index in [-0.39, 0.29) is 6.61 Å². The normalized spacial score (nSPS) is 21.1. The van der Waals surface area contributed by atoms with Crippen molar-refractivity contribution < 1.29 is 23.7 Å². The van der Waals surface area contributed by atoms with Gasteiger partial charge in [-0.25, -0.2) is 0 Å². The maximum absolute atomic E-state index is 6.99. The molecular weight excluding hydrogens is 557 g/mol. The fourth-order valence-electron chi connectivity index (χ4n) is 4.58. The highest BCUT2D eigenvalue weighted by molar-refractivity contribution is 8.22. The molecule has 0 amide bonds. The van der Waals surface area contributed by atoms with Gasteiger partial charge in [0.05, 0.1) is 6.61 Å². The van der Waals surface area contributed by atoms with E-state index in [0.29, 0.717) is 8.77 Å². The SMILES string of the molecule is COC1O[C@H](COC(c2ccccc2)(c2ccccc2)c2ccccc2)[C@H](OC(=S)SC)[C@H]1OC(=S)SC. The molecule has 0 aliphatic carbocycles. The monoisotopic (exact) mass is 586 g/mol. The Labute approximate surface area is 243 Å². The first-order valence-corrected chi connectivity index (χ1v) is 15.3. The van der Waals surface area contributed by atoms with Crippen molar-refractivity contribution in [2.75, 3.05) is 26.2 Å². The highest BCUT2D eigenvalue weighted by Gasteiger charge is 2.50. The van der Waals surface area contributed by atoms with Gasteiger partial charge >= 0.3 is 0 Å². The van der Waals surface area contributed by atoms with Crippen molar-refractivity contribution in [3.05, 3.63) is 108 Å². The van der Waals surface area contributed by atoms with Crippen molar-refractivity contribution in [1.29, 1.82) is 0 Å². The van der Waals surface area contributed by atoms with Gasteiger partial charge in [0.15, 0.2) is 18.5 Å². The zero-order valence-corrected chi connectivity index (χ0v) is 24.6. The van der Waals surface area contributed by atoms with Crippen molar-refractivity contribution in [2.45, 2.75) is 30.2 Å². The molecule has 3 aromatic carbocycles. The van der Waals surface area contributed by atoms with Gasteiger partial charge in [0.2, 0.25) is 8.77 Å². The van der Waals surface area contributed by atoms with Gasteiger partial charge in [-0.1, -0.05) is 115 Å². The zero-order chi connectivity index (χ0) is 27.0. The first-order chi connectivity index (χ1) is 18.5. The maximum atomic E-state index is 6.99. The summed E-state index contributed by atoms with van der Waals surface area (Å²) in [5.41, 5.74) is 2.07. The second-order valence-corrected chi connectivity index (χ2v) is 11.3. The number of thiocarbonyl (C=S) groups is 2. The van der Waals surface area contributed by atoms with E-state index >= 15 is 0 Å². The lowest BCUT2D eigenvalue weighted by atomic mass is 9.80. The van der Waals surface area contributed by atoms with E-state index in [1.807, 2.05) is 67.1 Å². The van der Waals surface area contributed by atoms with Crippen molar-refractivity contribution in [3.8, 4) is 0 Å². The Morgan fingerprint density at radius 3 is 1.55 bits per heavy atom. The lowest BCUT2D eigenvalue weighted by Gasteiger charge is -2.37. The highest BCUT2D eigenvalue weighted by Crippen LogP contribution is 2.41. The van der Waals surface area contributed by atoms with E-state index in [0.717, 1.165) is 16.7 Å². The molecule has 200 valence electrons. The molecule has 0 spiro atoms. The average Bonchev–Trinajstić information content (AvgIpc) is 3.30. The highest BCUT2D eigenvalue weighted by atomic mass is 32.2. The van der Waals surface area contributed by atoms with Crippen LogP contribution in [0.25, 0.3) is 0 Å². The van der Waals surface area contributed by atoms with Gasteiger partial charge in [0.1, 0.15) is 11.7 Å². The van der Waals surface area contributed by atoms with Crippen LogP contribution in [0.5, 0.6) is 0 Å². The largest absolute Gasteiger partial charge is 0.468 e. The Kier molecular flexibility index (Phi) is 10.6. The van der Waals surface area contributed by atoms with Gasteiger partial charge in [-0.05, 0) is 53.6 Å². The topological polar surface area (TPSA) is 46.2 Å². The minimum absolute atomic E-state index is 0.173. The molecule has 1 aliphatic rings. The minimum atomic E-state index is -0.909. The van der Waals surface area contributed by atoms with Crippen LogP contribution in [0.3, 0.4) is 0 Å². The van der Waals surface area contributed by atoms with Crippen LogP contribution >= 0.6 is 48.0 Å². The van der Waals surface area contributed by atoms with Crippen molar-refractivity contribution in [3.63, 3.8) is 0 Å². The van der Waals surface area contributed by atoms with Gasteiger partial charge in [-0.2, -0.15) is 0 Å². The molecule has 0 radical (unpaired) electrons. The first-order valence-electron chi connectivity index (χ1n) is 12.0. The molecular formula is C29H30O5S4. The van der Waals surface area contributed by atoms with Crippen LogP contribution in [0.4, 0.5) is 0 Å². The predicted molar refractivity (Wildman–Crippen MR) is 163 cm³/mol. The fourth-order valence-corrected chi connectivity index (χ4v) is 5.21. The van der Waals surface area contributed by atoms with Gasteiger partial charge in [0.25, 0.3) is 0 Å². The Morgan fingerprint density at radius 1 is 0.737 bits per heavy atom. The van der Waals surface area contributed by atoms with E-state index < -0.39 is 30.2 Å². The number of ether oxygens (including phenoxy) is 5. The Morgan fingerprint density at radius 2 is 1.16 bits per heavy atom. The second kappa shape index (κ2) is 13.9. The number of thioether (sulfide) groups is 2. The van der Waals surface area contributed by atoms with Gasteiger partial charge in [-0.15, -0.1) is 0 Å². The van der Waals surface area contributed by atoms with Gasteiger partial charge in [-0.3, -0.25) is 0 Å².